The van der Waals surface area contributed by atoms with Gasteiger partial charge in [0.05, 0.1) is 5.69 Å². The van der Waals surface area contributed by atoms with E-state index < -0.39 is 0 Å². The summed E-state index contributed by atoms with van der Waals surface area (Å²) in [6.07, 6.45) is 2.17. The highest BCUT2D eigenvalue weighted by molar-refractivity contribution is 9.10. The van der Waals surface area contributed by atoms with Crippen molar-refractivity contribution >= 4 is 15.9 Å². The van der Waals surface area contributed by atoms with Crippen LogP contribution >= 0.6 is 15.9 Å². The second kappa shape index (κ2) is 5.16. The van der Waals surface area contributed by atoms with Crippen LogP contribution in [0.15, 0.2) is 28.7 Å². The van der Waals surface area contributed by atoms with Gasteiger partial charge in [0.25, 0.3) is 0 Å². The summed E-state index contributed by atoms with van der Waals surface area (Å²) in [4.78, 5) is 1.60. The second-order valence-electron chi connectivity index (χ2n) is 4.44. The van der Waals surface area contributed by atoms with Crippen LogP contribution < -0.4 is 5.32 Å². The molecule has 0 atom stereocenters. The van der Waals surface area contributed by atoms with E-state index in [1.165, 1.54) is 0 Å². The van der Waals surface area contributed by atoms with Crippen LogP contribution in [0.5, 0.6) is 0 Å². The Balaban J connectivity index is 1.84. The molecule has 1 aromatic carbocycles. The molecule has 0 bridgehead atoms. The SMILES string of the molecule is Brc1cccc(-n2nnc(C3CCNCC3)n2)c1. The Hall–Kier alpha value is -1.27. The number of hydrogen-bond acceptors (Lipinski definition) is 4. The molecule has 94 valence electrons. The van der Waals surface area contributed by atoms with E-state index in [1.807, 2.05) is 24.3 Å². The van der Waals surface area contributed by atoms with Gasteiger partial charge in [-0.1, -0.05) is 22.0 Å². The summed E-state index contributed by atoms with van der Waals surface area (Å²) >= 11 is 3.45. The monoisotopic (exact) mass is 307 g/mol. The van der Waals surface area contributed by atoms with Crippen molar-refractivity contribution in [3.05, 3.63) is 34.6 Å². The molecular formula is C12H14BrN5. The Morgan fingerprint density at radius 1 is 1.28 bits per heavy atom. The molecule has 0 aliphatic carbocycles. The fourth-order valence-corrected chi connectivity index (χ4v) is 2.57. The highest BCUT2D eigenvalue weighted by Crippen LogP contribution is 2.21. The lowest BCUT2D eigenvalue weighted by atomic mass is 9.98. The molecule has 5 nitrogen and oxygen atoms in total. The molecule has 0 spiro atoms. The number of nitrogens with one attached hydrogen (secondary N) is 1. The molecule has 0 saturated carbocycles. The average molecular weight is 308 g/mol. The molecule has 0 amide bonds. The summed E-state index contributed by atoms with van der Waals surface area (Å²) in [5.41, 5.74) is 0.928. The smallest absolute Gasteiger partial charge is 0.178 e. The largest absolute Gasteiger partial charge is 0.317 e. The first-order valence-electron chi connectivity index (χ1n) is 6.09. The number of aromatic nitrogens is 4. The van der Waals surface area contributed by atoms with Gasteiger partial charge in [0.1, 0.15) is 0 Å². The predicted molar refractivity (Wildman–Crippen MR) is 71.7 cm³/mol. The minimum atomic E-state index is 0.437. The minimum Gasteiger partial charge on any atom is -0.317 e. The molecule has 1 aliphatic rings. The van der Waals surface area contributed by atoms with Gasteiger partial charge >= 0.3 is 0 Å². The Bertz CT molecular complexity index is 533. The average Bonchev–Trinajstić information content (AvgIpc) is 2.89. The van der Waals surface area contributed by atoms with E-state index in [1.54, 1.807) is 4.80 Å². The summed E-state index contributed by atoms with van der Waals surface area (Å²) < 4.78 is 1.01. The van der Waals surface area contributed by atoms with Gasteiger partial charge < -0.3 is 5.32 Å². The standard InChI is InChI=1S/C12H14BrN5/c13-10-2-1-3-11(8-10)18-16-12(15-17-18)9-4-6-14-7-5-9/h1-3,8-9,14H,4-7H2. The van der Waals surface area contributed by atoms with Gasteiger partial charge in [-0.25, -0.2) is 0 Å². The first-order chi connectivity index (χ1) is 8.83. The van der Waals surface area contributed by atoms with Gasteiger partial charge in [0.2, 0.25) is 0 Å². The van der Waals surface area contributed by atoms with Crippen LogP contribution in [0.1, 0.15) is 24.6 Å². The van der Waals surface area contributed by atoms with Crippen molar-refractivity contribution < 1.29 is 0 Å². The van der Waals surface area contributed by atoms with E-state index in [4.69, 9.17) is 0 Å². The van der Waals surface area contributed by atoms with Gasteiger partial charge in [-0.15, -0.1) is 15.0 Å². The molecule has 1 saturated heterocycles. The van der Waals surface area contributed by atoms with Gasteiger partial charge in [0, 0.05) is 10.4 Å². The number of benzene rings is 1. The van der Waals surface area contributed by atoms with Gasteiger partial charge in [-0.05, 0) is 49.3 Å². The predicted octanol–water partition coefficient (Wildman–Crippen LogP) is 1.89. The molecular weight excluding hydrogens is 294 g/mol. The van der Waals surface area contributed by atoms with E-state index in [2.05, 4.69) is 36.7 Å². The van der Waals surface area contributed by atoms with Crippen LogP contribution in [0.3, 0.4) is 0 Å². The zero-order valence-electron chi connectivity index (χ0n) is 9.88. The lowest BCUT2D eigenvalue weighted by Crippen LogP contribution is -2.27. The van der Waals surface area contributed by atoms with Gasteiger partial charge in [0.15, 0.2) is 5.82 Å². The van der Waals surface area contributed by atoms with Crippen molar-refractivity contribution in [3.63, 3.8) is 0 Å². The van der Waals surface area contributed by atoms with Crippen molar-refractivity contribution in [3.8, 4) is 5.69 Å². The third-order valence-corrected chi connectivity index (χ3v) is 3.67. The van der Waals surface area contributed by atoms with Crippen molar-refractivity contribution in [2.45, 2.75) is 18.8 Å². The Kier molecular flexibility index (Phi) is 3.38. The van der Waals surface area contributed by atoms with Crippen molar-refractivity contribution in [2.24, 2.45) is 0 Å². The molecule has 1 aliphatic heterocycles. The number of hydrogen-bond donors (Lipinski definition) is 1. The first-order valence-corrected chi connectivity index (χ1v) is 6.89. The van der Waals surface area contributed by atoms with Crippen LogP contribution in [0.25, 0.3) is 5.69 Å². The van der Waals surface area contributed by atoms with Crippen molar-refractivity contribution in [1.82, 2.24) is 25.5 Å². The zero-order chi connectivity index (χ0) is 12.4. The molecule has 18 heavy (non-hydrogen) atoms. The maximum absolute atomic E-state index is 4.49. The summed E-state index contributed by atoms with van der Waals surface area (Å²) in [6.45, 7) is 2.08. The minimum absolute atomic E-state index is 0.437. The molecule has 6 heteroatoms. The van der Waals surface area contributed by atoms with Crippen molar-refractivity contribution in [1.29, 1.82) is 0 Å². The third kappa shape index (κ3) is 2.44. The summed E-state index contributed by atoms with van der Waals surface area (Å²) in [7, 11) is 0. The highest BCUT2D eigenvalue weighted by atomic mass is 79.9. The highest BCUT2D eigenvalue weighted by Gasteiger charge is 2.20. The Morgan fingerprint density at radius 2 is 2.11 bits per heavy atom. The van der Waals surface area contributed by atoms with E-state index in [0.717, 1.165) is 41.9 Å². The summed E-state index contributed by atoms with van der Waals surface area (Å²) in [6, 6.07) is 7.90. The quantitative estimate of drug-likeness (QED) is 0.920. The van der Waals surface area contributed by atoms with Crippen LogP contribution in [-0.4, -0.2) is 33.3 Å². The second-order valence-corrected chi connectivity index (χ2v) is 5.36. The molecule has 1 aromatic heterocycles. The Labute approximate surface area is 114 Å². The molecule has 3 rings (SSSR count). The maximum atomic E-state index is 4.49. The van der Waals surface area contributed by atoms with Gasteiger partial charge in [-0.2, -0.15) is 0 Å². The number of piperidine rings is 1. The molecule has 1 fully saturated rings. The number of rotatable bonds is 2. The maximum Gasteiger partial charge on any atom is 0.178 e. The molecule has 1 N–H and O–H groups in total. The topological polar surface area (TPSA) is 55.6 Å². The van der Waals surface area contributed by atoms with Crippen LogP contribution in [0, 0.1) is 0 Å². The van der Waals surface area contributed by atoms with Crippen molar-refractivity contribution in [2.75, 3.05) is 13.1 Å². The van der Waals surface area contributed by atoms with Crippen LogP contribution in [0.4, 0.5) is 0 Å². The fraction of sp³-hybridized carbons (Fsp3) is 0.417. The molecule has 0 radical (unpaired) electrons. The summed E-state index contributed by atoms with van der Waals surface area (Å²) in [5, 5.41) is 16.2. The van der Waals surface area contributed by atoms with E-state index in [-0.39, 0.29) is 0 Å². The van der Waals surface area contributed by atoms with E-state index >= 15 is 0 Å². The first kappa shape index (κ1) is 11.8. The van der Waals surface area contributed by atoms with E-state index in [9.17, 15) is 0 Å². The molecule has 0 unspecified atom stereocenters. The van der Waals surface area contributed by atoms with E-state index in [0.29, 0.717) is 5.92 Å². The number of tetrazole rings is 1. The third-order valence-electron chi connectivity index (χ3n) is 3.17. The lowest BCUT2D eigenvalue weighted by molar-refractivity contribution is 0.444. The van der Waals surface area contributed by atoms with Crippen LogP contribution in [-0.2, 0) is 0 Å². The molecule has 2 heterocycles. The number of nitrogens with zero attached hydrogens (tertiary/aromatic N) is 4. The lowest BCUT2D eigenvalue weighted by Gasteiger charge is -2.18. The summed E-state index contributed by atoms with van der Waals surface area (Å²) in [5.74, 6) is 1.30. The fourth-order valence-electron chi connectivity index (χ4n) is 2.18. The Morgan fingerprint density at radius 3 is 2.89 bits per heavy atom. The number of halogens is 1. The molecule has 2 aromatic rings. The van der Waals surface area contributed by atoms with Crippen LogP contribution in [0.2, 0.25) is 0 Å². The van der Waals surface area contributed by atoms with Gasteiger partial charge in [-0.3, -0.25) is 0 Å². The zero-order valence-corrected chi connectivity index (χ0v) is 11.5. The normalized spacial score (nSPS) is 16.9.